The maximum absolute atomic E-state index is 12.5. The summed E-state index contributed by atoms with van der Waals surface area (Å²) in [6.45, 7) is 0.289. The van der Waals surface area contributed by atoms with Crippen molar-refractivity contribution in [3.63, 3.8) is 0 Å². The van der Waals surface area contributed by atoms with Gasteiger partial charge in [-0.1, -0.05) is 0 Å². The van der Waals surface area contributed by atoms with E-state index in [2.05, 4.69) is 16.0 Å². The van der Waals surface area contributed by atoms with Crippen molar-refractivity contribution in [3.8, 4) is 10.4 Å². The molecule has 3 heterocycles. The molecule has 3 aromatic rings. The molecule has 124 valence electrons. The van der Waals surface area contributed by atoms with Crippen LogP contribution in [0.3, 0.4) is 0 Å². The standard InChI is InChI=1S/C16H15N3O3S2/c1-17-16(21)19-12-7-13(10-4-6-23-9-10)24-14(12)15(20)18-8-11-3-2-5-22-11/h2-7,9H,8H2,1H3,(H,18,20)(H2,17,19,21). The normalized spacial score (nSPS) is 10.4. The molecule has 0 aliphatic heterocycles. The highest BCUT2D eigenvalue weighted by atomic mass is 32.1. The third-order valence-corrected chi connectivity index (χ3v) is 5.09. The minimum Gasteiger partial charge on any atom is -0.467 e. The SMILES string of the molecule is CNC(=O)Nc1cc(-c2ccsc2)sc1C(=O)NCc1ccco1. The van der Waals surface area contributed by atoms with Gasteiger partial charge in [0, 0.05) is 17.5 Å². The van der Waals surface area contributed by atoms with Gasteiger partial charge in [0.05, 0.1) is 18.5 Å². The van der Waals surface area contributed by atoms with Crippen LogP contribution in [0.5, 0.6) is 0 Å². The van der Waals surface area contributed by atoms with Crippen LogP contribution in [0.1, 0.15) is 15.4 Å². The van der Waals surface area contributed by atoms with Gasteiger partial charge in [-0.2, -0.15) is 11.3 Å². The number of carbonyl (C=O) groups is 2. The molecule has 0 saturated heterocycles. The average Bonchev–Trinajstić information content (AvgIpc) is 3.32. The van der Waals surface area contributed by atoms with Gasteiger partial charge in [-0.15, -0.1) is 11.3 Å². The largest absolute Gasteiger partial charge is 0.467 e. The zero-order valence-corrected chi connectivity index (χ0v) is 14.4. The van der Waals surface area contributed by atoms with Gasteiger partial charge in [0.2, 0.25) is 0 Å². The molecule has 8 heteroatoms. The number of nitrogens with one attached hydrogen (secondary N) is 3. The summed E-state index contributed by atoms with van der Waals surface area (Å²) in [5.74, 6) is 0.406. The van der Waals surface area contributed by atoms with Gasteiger partial charge in [0.15, 0.2) is 0 Å². The third-order valence-electron chi connectivity index (χ3n) is 3.22. The van der Waals surface area contributed by atoms with E-state index in [1.54, 1.807) is 29.7 Å². The van der Waals surface area contributed by atoms with E-state index in [1.165, 1.54) is 18.4 Å². The number of hydrogen-bond donors (Lipinski definition) is 3. The Balaban J connectivity index is 1.83. The van der Waals surface area contributed by atoms with Crippen LogP contribution in [0.25, 0.3) is 10.4 Å². The lowest BCUT2D eigenvalue weighted by molar-refractivity contribution is 0.0953. The Kier molecular flexibility index (Phi) is 4.97. The summed E-state index contributed by atoms with van der Waals surface area (Å²) in [4.78, 5) is 25.5. The van der Waals surface area contributed by atoms with E-state index in [4.69, 9.17) is 4.42 Å². The molecule has 0 aliphatic carbocycles. The molecular weight excluding hydrogens is 346 g/mol. The molecule has 0 aliphatic rings. The monoisotopic (exact) mass is 361 g/mol. The van der Waals surface area contributed by atoms with Crippen molar-refractivity contribution in [2.24, 2.45) is 0 Å². The summed E-state index contributed by atoms with van der Waals surface area (Å²) >= 11 is 2.92. The predicted molar refractivity (Wildman–Crippen MR) is 95.6 cm³/mol. The van der Waals surface area contributed by atoms with Gasteiger partial charge < -0.3 is 20.4 Å². The third kappa shape index (κ3) is 3.66. The molecule has 0 saturated carbocycles. The number of hydrogen-bond acceptors (Lipinski definition) is 5. The van der Waals surface area contributed by atoms with Crippen LogP contribution in [-0.4, -0.2) is 19.0 Å². The number of amides is 3. The average molecular weight is 361 g/mol. The Labute approximate surface area is 146 Å². The Morgan fingerprint density at radius 3 is 2.83 bits per heavy atom. The van der Waals surface area contributed by atoms with Crippen molar-refractivity contribution in [3.05, 3.63) is 51.9 Å². The maximum atomic E-state index is 12.5. The van der Waals surface area contributed by atoms with Crippen LogP contribution >= 0.6 is 22.7 Å². The second-order valence-corrected chi connectivity index (χ2v) is 6.66. The van der Waals surface area contributed by atoms with Crippen LogP contribution in [0.15, 0.2) is 45.7 Å². The van der Waals surface area contributed by atoms with E-state index in [9.17, 15) is 9.59 Å². The highest BCUT2D eigenvalue weighted by molar-refractivity contribution is 7.18. The molecule has 3 N–H and O–H groups in total. The first-order chi connectivity index (χ1) is 11.7. The molecule has 0 bridgehead atoms. The minimum atomic E-state index is -0.371. The Morgan fingerprint density at radius 2 is 2.17 bits per heavy atom. The summed E-state index contributed by atoms with van der Waals surface area (Å²) in [5.41, 5.74) is 1.51. The molecule has 6 nitrogen and oxygen atoms in total. The number of furan rings is 1. The Bertz CT molecular complexity index is 823. The van der Waals surface area contributed by atoms with E-state index in [0.717, 1.165) is 10.4 Å². The van der Waals surface area contributed by atoms with Crippen molar-refractivity contribution in [1.82, 2.24) is 10.6 Å². The van der Waals surface area contributed by atoms with Crippen LogP contribution in [0, 0.1) is 0 Å². The molecule has 3 rings (SSSR count). The number of anilines is 1. The zero-order valence-electron chi connectivity index (χ0n) is 12.8. The van der Waals surface area contributed by atoms with Crippen molar-refractivity contribution >= 4 is 40.3 Å². The van der Waals surface area contributed by atoms with Crippen molar-refractivity contribution in [1.29, 1.82) is 0 Å². The second kappa shape index (κ2) is 7.33. The highest BCUT2D eigenvalue weighted by Gasteiger charge is 2.19. The highest BCUT2D eigenvalue weighted by Crippen LogP contribution is 2.35. The van der Waals surface area contributed by atoms with Crippen molar-refractivity contribution in [2.75, 3.05) is 12.4 Å². The Hall–Kier alpha value is -2.58. The van der Waals surface area contributed by atoms with Crippen molar-refractivity contribution in [2.45, 2.75) is 6.54 Å². The van der Waals surface area contributed by atoms with E-state index < -0.39 is 0 Å². The van der Waals surface area contributed by atoms with E-state index >= 15 is 0 Å². The molecule has 0 aromatic carbocycles. The van der Waals surface area contributed by atoms with Gasteiger partial charge in [-0.05, 0) is 35.0 Å². The fraction of sp³-hybridized carbons (Fsp3) is 0.125. The summed E-state index contributed by atoms with van der Waals surface area (Å²) < 4.78 is 5.21. The number of rotatable bonds is 5. The summed E-state index contributed by atoms with van der Waals surface area (Å²) in [6, 6.07) is 6.97. The van der Waals surface area contributed by atoms with Crippen LogP contribution in [-0.2, 0) is 6.54 Å². The lowest BCUT2D eigenvalue weighted by Gasteiger charge is -2.06. The van der Waals surface area contributed by atoms with Gasteiger partial charge in [0.25, 0.3) is 5.91 Å². The van der Waals surface area contributed by atoms with Crippen LogP contribution < -0.4 is 16.0 Å². The summed E-state index contributed by atoms with van der Waals surface area (Å²) in [5, 5.41) is 12.0. The van der Waals surface area contributed by atoms with Gasteiger partial charge in [0.1, 0.15) is 10.6 Å². The van der Waals surface area contributed by atoms with Gasteiger partial charge in [-0.3, -0.25) is 4.79 Å². The topological polar surface area (TPSA) is 83.4 Å². The number of carbonyl (C=O) groups excluding carboxylic acids is 2. The summed E-state index contributed by atoms with van der Waals surface area (Å²) in [7, 11) is 1.53. The quantitative estimate of drug-likeness (QED) is 0.647. The summed E-state index contributed by atoms with van der Waals surface area (Å²) in [6.07, 6.45) is 1.56. The zero-order chi connectivity index (χ0) is 16.9. The Morgan fingerprint density at radius 1 is 1.29 bits per heavy atom. The van der Waals surface area contributed by atoms with Crippen LogP contribution in [0.2, 0.25) is 0 Å². The first kappa shape index (κ1) is 16.3. The van der Waals surface area contributed by atoms with Crippen LogP contribution in [0.4, 0.5) is 10.5 Å². The fourth-order valence-corrected chi connectivity index (χ4v) is 3.80. The lowest BCUT2D eigenvalue weighted by Crippen LogP contribution is -2.27. The maximum Gasteiger partial charge on any atom is 0.319 e. The van der Waals surface area contributed by atoms with Gasteiger partial charge in [-0.25, -0.2) is 4.79 Å². The smallest absolute Gasteiger partial charge is 0.319 e. The molecule has 0 spiro atoms. The molecule has 0 unspecified atom stereocenters. The van der Waals surface area contributed by atoms with E-state index in [1.807, 2.05) is 22.9 Å². The molecule has 0 fully saturated rings. The second-order valence-electron chi connectivity index (χ2n) is 4.83. The van der Waals surface area contributed by atoms with Gasteiger partial charge >= 0.3 is 6.03 Å². The number of thiophene rings is 2. The predicted octanol–water partition coefficient (Wildman–Crippen LogP) is 3.75. The molecular formula is C16H15N3O3S2. The molecule has 0 radical (unpaired) electrons. The fourth-order valence-electron chi connectivity index (χ4n) is 2.05. The van der Waals surface area contributed by atoms with E-state index in [-0.39, 0.29) is 18.5 Å². The molecule has 3 amide bonds. The lowest BCUT2D eigenvalue weighted by atomic mass is 10.2. The molecule has 0 atom stereocenters. The van der Waals surface area contributed by atoms with E-state index in [0.29, 0.717) is 16.3 Å². The number of urea groups is 1. The van der Waals surface area contributed by atoms with Crippen molar-refractivity contribution < 1.29 is 14.0 Å². The molecule has 24 heavy (non-hydrogen) atoms. The molecule has 3 aromatic heterocycles. The minimum absolute atomic E-state index is 0.260. The first-order valence-electron chi connectivity index (χ1n) is 7.13. The first-order valence-corrected chi connectivity index (χ1v) is 8.89.